The largest absolute Gasteiger partial charge is 0.318 e. The third-order valence-corrected chi connectivity index (χ3v) is 5.07. The summed E-state index contributed by atoms with van der Waals surface area (Å²) >= 11 is 0. The van der Waals surface area contributed by atoms with Gasteiger partial charge in [0.15, 0.2) is 0 Å². The predicted octanol–water partition coefficient (Wildman–Crippen LogP) is 4.95. The number of nitrogens with zero attached hydrogens (tertiary/aromatic N) is 2. The van der Waals surface area contributed by atoms with E-state index in [1.54, 1.807) is 6.66 Å². The third kappa shape index (κ3) is 11.3. The molecule has 0 radical (unpaired) electrons. The van der Waals surface area contributed by atoms with Crippen molar-refractivity contribution in [2.45, 2.75) is 68.4 Å². The molecule has 0 amide bonds. The van der Waals surface area contributed by atoms with Gasteiger partial charge in [0.2, 0.25) is 0 Å². The average Bonchev–Trinajstić information content (AvgIpc) is 2.53. The molecule has 1 saturated heterocycles. The zero-order valence-corrected chi connectivity index (χ0v) is 17.2. The van der Waals surface area contributed by atoms with Gasteiger partial charge in [0.25, 0.3) is 7.52 Å². The summed E-state index contributed by atoms with van der Waals surface area (Å²) in [6, 6.07) is 0.579. The summed E-state index contributed by atoms with van der Waals surface area (Å²) in [6.07, 6.45) is 0. The average molecular weight is 324 g/mol. The number of piperazine rings is 1. The normalized spacial score (nSPS) is 18.2. The van der Waals surface area contributed by atoms with Crippen molar-refractivity contribution in [3.8, 4) is 0 Å². The number of hydrogen-bond acceptors (Lipinski definition) is 3. The summed E-state index contributed by atoms with van der Waals surface area (Å²) in [4.78, 5) is 2.41. The maximum Gasteiger partial charge on any atom is 0.269 e. The van der Waals surface area contributed by atoms with Gasteiger partial charge in [0.1, 0.15) is 0 Å². The first-order valence-electron chi connectivity index (χ1n) is 8.69. The van der Waals surface area contributed by atoms with Gasteiger partial charge in [-0.2, -0.15) is 0 Å². The molecule has 132 valence electrons. The van der Waals surface area contributed by atoms with Crippen LogP contribution in [0.1, 0.15) is 62.3 Å². The molecular weight excluding hydrogens is 283 g/mol. The molecule has 1 aliphatic rings. The van der Waals surface area contributed by atoms with Gasteiger partial charge in [-0.15, -0.1) is 0 Å². The molecule has 1 aliphatic heterocycles. The summed E-state index contributed by atoms with van der Waals surface area (Å²) in [5, 5.41) is 0. The molecule has 0 aromatic rings. The van der Waals surface area contributed by atoms with E-state index in [2.05, 4.69) is 18.7 Å². The van der Waals surface area contributed by atoms with Crippen LogP contribution in [-0.2, 0) is 9.09 Å². The zero-order valence-electron chi connectivity index (χ0n) is 16.3. The second kappa shape index (κ2) is 16.5. The first-order chi connectivity index (χ1) is 9.97. The van der Waals surface area contributed by atoms with Gasteiger partial charge in [0.05, 0.1) is 6.61 Å². The Kier molecular flexibility index (Phi) is 20.4. The van der Waals surface area contributed by atoms with Crippen LogP contribution in [-0.4, -0.2) is 55.1 Å². The summed E-state index contributed by atoms with van der Waals surface area (Å²) < 4.78 is 19.5. The smallest absolute Gasteiger partial charge is 0.269 e. The zero-order chi connectivity index (χ0) is 17.5. The van der Waals surface area contributed by atoms with Gasteiger partial charge in [-0.25, -0.2) is 4.67 Å². The maximum absolute atomic E-state index is 12.1. The van der Waals surface area contributed by atoms with Crippen molar-refractivity contribution >= 4 is 7.52 Å². The Morgan fingerprint density at radius 2 is 1.33 bits per heavy atom. The van der Waals surface area contributed by atoms with E-state index < -0.39 is 7.52 Å². The van der Waals surface area contributed by atoms with E-state index in [-0.39, 0.29) is 0 Å². The number of hydrogen-bond donors (Lipinski definition) is 0. The molecule has 1 unspecified atom stereocenters. The van der Waals surface area contributed by atoms with E-state index in [0.717, 1.165) is 26.2 Å². The van der Waals surface area contributed by atoms with Crippen LogP contribution in [0.25, 0.3) is 0 Å². The molecule has 1 fully saturated rings. The Hall–Kier alpha value is 0.110. The van der Waals surface area contributed by atoms with Crippen molar-refractivity contribution in [2.75, 3.05) is 39.5 Å². The Morgan fingerprint density at radius 1 is 0.952 bits per heavy atom. The van der Waals surface area contributed by atoms with E-state index in [1.165, 1.54) is 0 Å². The van der Waals surface area contributed by atoms with Gasteiger partial charge in [-0.3, -0.25) is 9.46 Å². The Bertz CT molecular complexity index is 240. The summed E-state index contributed by atoms with van der Waals surface area (Å²) in [5.74, 6) is 0. The lowest BCUT2D eigenvalue weighted by molar-refractivity contribution is 0.141. The fourth-order valence-corrected chi connectivity index (χ4v) is 3.46. The summed E-state index contributed by atoms with van der Waals surface area (Å²) in [7, 11) is -2.52. The SMILES string of the molecule is CC.CC.CC.CCOP(C)(=O)N1CCN(C(C)C)CC1. The fourth-order valence-electron chi connectivity index (χ4n) is 1.91. The second-order valence-corrected chi connectivity index (χ2v) is 6.73. The molecule has 1 rings (SSSR count). The van der Waals surface area contributed by atoms with E-state index in [0.29, 0.717) is 12.6 Å². The molecule has 0 aliphatic carbocycles. The molecule has 4 nitrogen and oxygen atoms in total. The van der Waals surface area contributed by atoms with Crippen molar-refractivity contribution in [2.24, 2.45) is 0 Å². The highest BCUT2D eigenvalue weighted by Crippen LogP contribution is 2.46. The molecule has 5 heteroatoms. The minimum atomic E-state index is -2.52. The highest BCUT2D eigenvalue weighted by Gasteiger charge is 2.29. The Balaban J connectivity index is -0.000000478. The van der Waals surface area contributed by atoms with Crippen LogP contribution in [0.3, 0.4) is 0 Å². The highest BCUT2D eigenvalue weighted by molar-refractivity contribution is 7.55. The minimum Gasteiger partial charge on any atom is -0.318 e. The van der Waals surface area contributed by atoms with Gasteiger partial charge in [-0.1, -0.05) is 41.5 Å². The van der Waals surface area contributed by atoms with Crippen molar-refractivity contribution in [3.05, 3.63) is 0 Å². The van der Waals surface area contributed by atoms with E-state index in [9.17, 15) is 4.57 Å². The van der Waals surface area contributed by atoms with E-state index in [1.807, 2.05) is 53.1 Å². The fraction of sp³-hybridized carbons (Fsp3) is 1.00. The van der Waals surface area contributed by atoms with Crippen LogP contribution >= 0.6 is 7.52 Å². The molecule has 0 aromatic carbocycles. The molecule has 21 heavy (non-hydrogen) atoms. The van der Waals surface area contributed by atoms with Gasteiger partial charge in [-0.05, 0) is 20.8 Å². The van der Waals surface area contributed by atoms with Crippen LogP contribution in [0.5, 0.6) is 0 Å². The van der Waals surface area contributed by atoms with Crippen LogP contribution in [0.2, 0.25) is 0 Å². The molecule has 0 saturated carbocycles. The predicted molar refractivity (Wildman–Crippen MR) is 97.5 cm³/mol. The van der Waals surface area contributed by atoms with Crippen molar-refractivity contribution in [1.29, 1.82) is 0 Å². The minimum absolute atomic E-state index is 0.526. The van der Waals surface area contributed by atoms with Crippen LogP contribution < -0.4 is 0 Å². The number of rotatable bonds is 4. The Morgan fingerprint density at radius 3 is 1.62 bits per heavy atom. The molecular formula is C16H41N2O2P. The maximum atomic E-state index is 12.1. The van der Waals surface area contributed by atoms with Gasteiger partial charge < -0.3 is 4.52 Å². The van der Waals surface area contributed by atoms with Crippen LogP contribution in [0, 0.1) is 0 Å². The van der Waals surface area contributed by atoms with E-state index in [4.69, 9.17) is 4.52 Å². The van der Waals surface area contributed by atoms with Gasteiger partial charge >= 0.3 is 0 Å². The lowest BCUT2D eigenvalue weighted by Gasteiger charge is -2.38. The summed E-state index contributed by atoms with van der Waals surface area (Å²) in [5.41, 5.74) is 0. The molecule has 0 spiro atoms. The van der Waals surface area contributed by atoms with Crippen molar-refractivity contribution in [3.63, 3.8) is 0 Å². The van der Waals surface area contributed by atoms with Crippen LogP contribution in [0.15, 0.2) is 0 Å². The lowest BCUT2D eigenvalue weighted by atomic mass is 10.3. The van der Waals surface area contributed by atoms with E-state index >= 15 is 0 Å². The molecule has 0 N–H and O–H groups in total. The standard InChI is InChI=1S/C10H23N2O2P.3C2H6/c1-5-14-15(4,13)12-8-6-11(7-9-12)10(2)3;3*1-2/h10H,5-9H2,1-4H3;3*1-2H3. The van der Waals surface area contributed by atoms with Gasteiger partial charge in [0, 0.05) is 38.9 Å². The van der Waals surface area contributed by atoms with Crippen molar-refractivity contribution < 1.29 is 9.09 Å². The summed E-state index contributed by atoms with van der Waals surface area (Å²) in [6.45, 7) is 24.2. The highest BCUT2D eigenvalue weighted by atomic mass is 31.2. The third-order valence-electron chi connectivity index (χ3n) is 2.90. The van der Waals surface area contributed by atoms with Crippen molar-refractivity contribution in [1.82, 2.24) is 9.57 Å². The topological polar surface area (TPSA) is 32.8 Å². The monoisotopic (exact) mass is 324 g/mol. The Labute approximate surface area is 134 Å². The molecule has 1 atom stereocenters. The molecule has 1 heterocycles. The molecule has 0 bridgehead atoms. The first kappa shape index (κ1) is 26.0. The van der Waals surface area contributed by atoms with Crippen LogP contribution in [0.4, 0.5) is 0 Å². The second-order valence-electron chi connectivity index (χ2n) is 4.30. The quantitative estimate of drug-likeness (QED) is 0.685. The first-order valence-corrected chi connectivity index (χ1v) is 10.7. The molecule has 0 aromatic heterocycles. The lowest BCUT2D eigenvalue weighted by Crippen LogP contribution is -2.47.